The molecule has 0 spiro atoms. The number of piperidine rings is 1. The SMILES string of the molecule is CC1CCC(N2CCCC(C(C)(C)C)CC2)CN1. The van der Waals surface area contributed by atoms with E-state index in [-0.39, 0.29) is 0 Å². The first kappa shape index (κ1) is 14.3. The Balaban J connectivity index is 1.85. The van der Waals surface area contributed by atoms with E-state index in [1.54, 1.807) is 0 Å². The van der Waals surface area contributed by atoms with E-state index in [0.717, 1.165) is 18.0 Å². The van der Waals surface area contributed by atoms with Crippen LogP contribution in [-0.2, 0) is 0 Å². The summed E-state index contributed by atoms with van der Waals surface area (Å²) < 4.78 is 0. The first-order valence-electron chi connectivity index (χ1n) is 7.94. The predicted octanol–water partition coefficient (Wildman–Crippen LogP) is 3.28. The number of hydrogen-bond acceptors (Lipinski definition) is 2. The topological polar surface area (TPSA) is 15.3 Å². The van der Waals surface area contributed by atoms with E-state index >= 15 is 0 Å². The molecule has 0 saturated carbocycles. The average Bonchev–Trinajstić information content (AvgIpc) is 2.55. The van der Waals surface area contributed by atoms with Crippen molar-refractivity contribution in [2.24, 2.45) is 11.3 Å². The summed E-state index contributed by atoms with van der Waals surface area (Å²) in [6.45, 7) is 13.4. The van der Waals surface area contributed by atoms with E-state index in [1.807, 2.05) is 0 Å². The van der Waals surface area contributed by atoms with Crippen LogP contribution in [-0.4, -0.2) is 36.6 Å². The predicted molar refractivity (Wildman–Crippen MR) is 78.9 cm³/mol. The van der Waals surface area contributed by atoms with Gasteiger partial charge in [-0.1, -0.05) is 20.8 Å². The fourth-order valence-electron chi connectivity index (χ4n) is 3.65. The third kappa shape index (κ3) is 3.71. The molecule has 0 aromatic carbocycles. The first-order valence-corrected chi connectivity index (χ1v) is 7.94. The second-order valence-electron chi connectivity index (χ2n) is 7.57. The van der Waals surface area contributed by atoms with Gasteiger partial charge in [-0.25, -0.2) is 0 Å². The smallest absolute Gasteiger partial charge is 0.0221 e. The summed E-state index contributed by atoms with van der Waals surface area (Å²) in [7, 11) is 0. The number of nitrogens with one attached hydrogen (secondary N) is 1. The first-order chi connectivity index (χ1) is 8.47. The van der Waals surface area contributed by atoms with Crippen LogP contribution in [0.1, 0.15) is 59.8 Å². The Labute approximate surface area is 114 Å². The molecule has 2 aliphatic heterocycles. The van der Waals surface area contributed by atoms with Gasteiger partial charge < -0.3 is 5.32 Å². The molecule has 2 nitrogen and oxygen atoms in total. The van der Waals surface area contributed by atoms with Crippen molar-refractivity contribution in [1.82, 2.24) is 10.2 Å². The highest BCUT2D eigenvalue weighted by atomic mass is 15.2. The molecule has 0 amide bonds. The van der Waals surface area contributed by atoms with Gasteiger partial charge in [-0.3, -0.25) is 4.90 Å². The Morgan fingerprint density at radius 3 is 2.39 bits per heavy atom. The quantitative estimate of drug-likeness (QED) is 0.770. The maximum atomic E-state index is 3.65. The summed E-state index contributed by atoms with van der Waals surface area (Å²) in [5.41, 5.74) is 0.495. The molecule has 3 unspecified atom stereocenters. The van der Waals surface area contributed by atoms with E-state index in [1.165, 1.54) is 51.7 Å². The van der Waals surface area contributed by atoms with Crippen LogP contribution in [0.25, 0.3) is 0 Å². The Kier molecular flexibility index (Phi) is 4.71. The van der Waals surface area contributed by atoms with Gasteiger partial charge in [0.2, 0.25) is 0 Å². The minimum Gasteiger partial charge on any atom is -0.313 e. The largest absolute Gasteiger partial charge is 0.313 e. The van der Waals surface area contributed by atoms with E-state index in [2.05, 4.69) is 37.9 Å². The summed E-state index contributed by atoms with van der Waals surface area (Å²) in [6, 6.07) is 1.54. The summed E-state index contributed by atoms with van der Waals surface area (Å²) in [4.78, 5) is 2.77. The highest BCUT2D eigenvalue weighted by molar-refractivity contribution is 4.85. The van der Waals surface area contributed by atoms with Crippen LogP contribution in [0.5, 0.6) is 0 Å². The van der Waals surface area contributed by atoms with Gasteiger partial charge in [-0.05, 0) is 63.5 Å². The van der Waals surface area contributed by atoms with E-state index in [0.29, 0.717) is 5.41 Å². The molecule has 18 heavy (non-hydrogen) atoms. The summed E-state index contributed by atoms with van der Waals surface area (Å²) in [5.74, 6) is 0.915. The number of nitrogens with zero attached hydrogens (tertiary/aromatic N) is 1. The molecule has 2 rings (SSSR count). The van der Waals surface area contributed by atoms with Crippen molar-refractivity contribution in [3.63, 3.8) is 0 Å². The van der Waals surface area contributed by atoms with Crippen LogP contribution in [0.4, 0.5) is 0 Å². The zero-order valence-corrected chi connectivity index (χ0v) is 12.8. The third-order valence-corrected chi connectivity index (χ3v) is 5.14. The number of rotatable bonds is 1. The fourth-order valence-corrected chi connectivity index (χ4v) is 3.65. The van der Waals surface area contributed by atoms with Gasteiger partial charge in [0.1, 0.15) is 0 Å². The standard InChI is InChI=1S/C16H32N2/c1-13-7-8-15(12-17-13)18-10-5-6-14(9-11-18)16(2,3)4/h13-15,17H,5-12H2,1-4H3. The summed E-state index contributed by atoms with van der Waals surface area (Å²) >= 11 is 0. The van der Waals surface area contributed by atoms with Crippen LogP contribution < -0.4 is 5.32 Å². The molecule has 1 N–H and O–H groups in total. The van der Waals surface area contributed by atoms with Gasteiger partial charge in [0.15, 0.2) is 0 Å². The molecule has 0 aliphatic carbocycles. The summed E-state index contributed by atoms with van der Waals surface area (Å²) in [6.07, 6.45) is 6.97. The normalized spacial score (nSPS) is 36.3. The lowest BCUT2D eigenvalue weighted by Gasteiger charge is -2.36. The maximum absolute atomic E-state index is 3.65. The molecule has 3 atom stereocenters. The average molecular weight is 252 g/mol. The van der Waals surface area contributed by atoms with Gasteiger partial charge in [0, 0.05) is 18.6 Å². The Bertz CT molecular complexity index is 248. The van der Waals surface area contributed by atoms with Crippen LogP contribution in [0.3, 0.4) is 0 Å². The van der Waals surface area contributed by atoms with Crippen molar-refractivity contribution in [3.05, 3.63) is 0 Å². The molecule has 0 aromatic rings. The molecule has 2 saturated heterocycles. The van der Waals surface area contributed by atoms with Gasteiger partial charge in [0.05, 0.1) is 0 Å². The zero-order chi connectivity index (χ0) is 13.2. The molecule has 2 aliphatic rings. The molecule has 0 aromatic heterocycles. The van der Waals surface area contributed by atoms with Crippen molar-refractivity contribution in [2.75, 3.05) is 19.6 Å². The van der Waals surface area contributed by atoms with E-state index in [9.17, 15) is 0 Å². The van der Waals surface area contributed by atoms with Crippen LogP contribution in [0.2, 0.25) is 0 Å². The van der Waals surface area contributed by atoms with Crippen LogP contribution >= 0.6 is 0 Å². The van der Waals surface area contributed by atoms with Crippen molar-refractivity contribution < 1.29 is 0 Å². The molecular weight excluding hydrogens is 220 g/mol. The van der Waals surface area contributed by atoms with Crippen molar-refractivity contribution in [3.8, 4) is 0 Å². The van der Waals surface area contributed by atoms with Gasteiger partial charge in [-0.15, -0.1) is 0 Å². The maximum Gasteiger partial charge on any atom is 0.0221 e. The van der Waals surface area contributed by atoms with Crippen molar-refractivity contribution >= 4 is 0 Å². The molecule has 2 heterocycles. The number of likely N-dealkylation sites (tertiary alicyclic amines) is 1. The van der Waals surface area contributed by atoms with Crippen molar-refractivity contribution in [2.45, 2.75) is 71.9 Å². The Hall–Kier alpha value is -0.0800. The second-order valence-corrected chi connectivity index (χ2v) is 7.57. The molecule has 106 valence electrons. The lowest BCUT2D eigenvalue weighted by Crippen LogP contribution is -2.49. The van der Waals surface area contributed by atoms with E-state index < -0.39 is 0 Å². The van der Waals surface area contributed by atoms with Gasteiger partial charge in [-0.2, -0.15) is 0 Å². The minimum absolute atomic E-state index is 0.495. The minimum atomic E-state index is 0.495. The molecule has 2 fully saturated rings. The van der Waals surface area contributed by atoms with Gasteiger partial charge >= 0.3 is 0 Å². The molecule has 0 radical (unpaired) electrons. The highest BCUT2D eigenvalue weighted by Crippen LogP contribution is 2.34. The third-order valence-electron chi connectivity index (χ3n) is 5.14. The zero-order valence-electron chi connectivity index (χ0n) is 12.8. The molecule has 0 bridgehead atoms. The van der Waals surface area contributed by atoms with Gasteiger partial charge in [0.25, 0.3) is 0 Å². The fraction of sp³-hybridized carbons (Fsp3) is 1.00. The molecule has 2 heteroatoms. The Morgan fingerprint density at radius 1 is 1.00 bits per heavy atom. The van der Waals surface area contributed by atoms with E-state index in [4.69, 9.17) is 0 Å². The lowest BCUT2D eigenvalue weighted by molar-refractivity contribution is 0.150. The Morgan fingerprint density at radius 2 is 1.78 bits per heavy atom. The summed E-state index contributed by atoms with van der Waals surface area (Å²) in [5, 5.41) is 3.65. The second kappa shape index (κ2) is 5.92. The van der Waals surface area contributed by atoms with Crippen LogP contribution in [0.15, 0.2) is 0 Å². The number of hydrogen-bond donors (Lipinski definition) is 1. The monoisotopic (exact) mass is 252 g/mol. The molecular formula is C16H32N2. The highest BCUT2D eigenvalue weighted by Gasteiger charge is 2.30. The van der Waals surface area contributed by atoms with Crippen LogP contribution in [0, 0.1) is 11.3 Å². The van der Waals surface area contributed by atoms with Crippen molar-refractivity contribution in [1.29, 1.82) is 0 Å². The lowest BCUT2D eigenvalue weighted by atomic mass is 9.77.